The molecule has 0 aliphatic heterocycles. The molecule has 6 heteroatoms. The second kappa shape index (κ2) is 9.07. The number of carbonyl (C=O) groups excluding carboxylic acids is 2. The summed E-state index contributed by atoms with van der Waals surface area (Å²) in [4.78, 5) is 24.6. The Morgan fingerprint density at radius 3 is 2.41 bits per heavy atom. The molecule has 0 saturated heterocycles. The summed E-state index contributed by atoms with van der Waals surface area (Å²) in [5.41, 5.74) is 1.96. The number of amides is 3. The molecule has 3 rings (SSSR count). The van der Waals surface area contributed by atoms with Crippen LogP contribution >= 0.6 is 0 Å². The highest BCUT2D eigenvalue weighted by molar-refractivity contribution is 5.97. The molecular formula is C23H28FN3O2. The van der Waals surface area contributed by atoms with Crippen LogP contribution in [0.15, 0.2) is 48.5 Å². The molecule has 0 bridgehead atoms. The Morgan fingerprint density at radius 2 is 1.76 bits per heavy atom. The van der Waals surface area contributed by atoms with Crippen LogP contribution < -0.4 is 16.0 Å². The maximum absolute atomic E-state index is 13.3. The topological polar surface area (TPSA) is 70.2 Å². The minimum atomic E-state index is -0.307. The van der Waals surface area contributed by atoms with E-state index in [2.05, 4.69) is 16.0 Å². The number of hydrogen-bond acceptors (Lipinski definition) is 2. The van der Waals surface area contributed by atoms with Gasteiger partial charge in [-0.2, -0.15) is 0 Å². The lowest BCUT2D eigenvalue weighted by Gasteiger charge is -2.30. The first-order valence-corrected chi connectivity index (χ1v) is 10.1. The van der Waals surface area contributed by atoms with Crippen molar-refractivity contribution in [2.24, 2.45) is 0 Å². The van der Waals surface area contributed by atoms with Gasteiger partial charge in [-0.25, -0.2) is 9.18 Å². The van der Waals surface area contributed by atoms with E-state index in [1.54, 1.807) is 24.3 Å². The first kappa shape index (κ1) is 20.8. The van der Waals surface area contributed by atoms with Crippen molar-refractivity contribution in [3.63, 3.8) is 0 Å². The zero-order chi connectivity index (χ0) is 20.9. The number of urea groups is 1. The molecule has 5 nitrogen and oxygen atoms in total. The molecule has 0 atom stereocenters. The molecule has 154 valence electrons. The van der Waals surface area contributed by atoms with Crippen LogP contribution in [0.1, 0.15) is 55.5 Å². The average molecular weight is 397 g/mol. The molecule has 29 heavy (non-hydrogen) atoms. The van der Waals surface area contributed by atoms with Crippen molar-refractivity contribution in [1.29, 1.82) is 0 Å². The minimum Gasteiger partial charge on any atom is -0.351 e. The summed E-state index contributed by atoms with van der Waals surface area (Å²) in [7, 11) is 0. The van der Waals surface area contributed by atoms with Crippen LogP contribution in [-0.2, 0) is 5.41 Å². The molecule has 1 aliphatic rings. The molecule has 3 amide bonds. The molecule has 0 unspecified atom stereocenters. The molecule has 2 aromatic rings. The normalized spacial score (nSPS) is 15.2. The highest BCUT2D eigenvalue weighted by Gasteiger charge is 2.36. The van der Waals surface area contributed by atoms with Gasteiger partial charge >= 0.3 is 6.03 Å². The van der Waals surface area contributed by atoms with Gasteiger partial charge < -0.3 is 16.0 Å². The maximum Gasteiger partial charge on any atom is 0.319 e. The fourth-order valence-corrected chi connectivity index (χ4v) is 3.94. The third-order valence-corrected chi connectivity index (χ3v) is 5.41. The van der Waals surface area contributed by atoms with Crippen LogP contribution in [0.5, 0.6) is 0 Å². The van der Waals surface area contributed by atoms with E-state index in [9.17, 15) is 14.0 Å². The lowest BCUT2D eigenvalue weighted by atomic mass is 9.78. The summed E-state index contributed by atoms with van der Waals surface area (Å²) >= 11 is 0. The molecule has 2 aromatic carbocycles. The highest BCUT2D eigenvalue weighted by Crippen LogP contribution is 2.40. The van der Waals surface area contributed by atoms with Gasteiger partial charge in [0.1, 0.15) is 5.82 Å². The van der Waals surface area contributed by atoms with Crippen LogP contribution in [0, 0.1) is 5.82 Å². The SMILES string of the molecule is CC(C)NC(=O)Nc1cccc(C(=O)NCC2(c3ccc(F)cc3)CCCC2)c1. The fourth-order valence-electron chi connectivity index (χ4n) is 3.94. The second-order valence-corrected chi connectivity index (χ2v) is 8.01. The van der Waals surface area contributed by atoms with E-state index in [4.69, 9.17) is 0 Å². The van der Waals surface area contributed by atoms with Crippen LogP contribution in [0.2, 0.25) is 0 Å². The first-order chi connectivity index (χ1) is 13.9. The van der Waals surface area contributed by atoms with Crippen LogP contribution in [0.4, 0.5) is 14.9 Å². The molecule has 1 fully saturated rings. The van der Waals surface area contributed by atoms with Crippen molar-refractivity contribution in [3.05, 3.63) is 65.5 Å². The monoisotopic (exact) mass is 397 g/mol. The summed E-state index contributed by atoms with van der Waals surface area (Å²) in [5, 5.41) is 8.54. The fraction of sp³-hybridized carbons (Fsp3) is 0.391. The average Bonchev–Trinajstić information content (AvgIpc) is 3.16. The van der Waals surface area contributed by atoms with Crippen molar-refractivity contribution in [1.82, 2.24) is 10.6 Å². The summed E-state index contributed by atoms with van der Waals surface area (Å²) in [5.74, 6) is -0.442. The van der Waals surface area contributed by atoms with Gasteiger partial charge in [-0.15, -0.1) is 0 Å². The van der Waals surface area contributed by atoms with E-state index in [0.717, 1.165) is 31.2 Å². The maximum atomic E-state index is 13.3. The summed E-state index contributed by atoms with van der Waals surface area (Å²) in [6, 6.07) is 13.2. The number of rotatable bonds is 6. The summed E-state index contributed by atoms with van der Waals surface area (Å²) in [6.45, 7) is 4.26. The number of hydrogen-bond donors (Lipinski definition) is 3. The number of halogens is 1. The molecule has 0 spiro atoms. The van der Waals surface area contributed by atoms with Crippen molar-refractivity contribution in [3.8, 4) is 0 Å². The van der Waals surface area contributed by atoms with Crippen molar-refractivity contribution >= 4 is 17.6 Å². The molecular weight excluding hydrogens is 369 g/mol. The van der Waals surface area contributed by atoms with Gasteiger partial charge in [0.05, 0.1) is 0 Å². The van der Waals surface area contributed by atoms with Crippen molar-refractivity contribution < 1.29 is 14.0 Å². The van der Waals surface area contributed by atoms with Crippen LogP contribution in [0.25, 0.3) is 0 Å². The zero-order valence-electron chi connectivity index (χ0n) is 16.9. The Kier molecular flexibility index (Phi) is 6.52. The number of carbonyl (C=O) groups is 2. The minimum absolute atomic E-state index is 0.0237. The smallest absolute Gasteiger partial charge is 0.319 e. The first-order valence-electron chi connectivity index (χ1n) is 10.1. The number of anilines is 1. The Bertz CT molecular complexity index is 859. The van der Waals surface area contributed by atoms with E-state index in [1.807, 2.05) is 26.0 Å². The Morgan fingerprint density at radius 1 is 1.07 bits per heavy atom. The van der Waals surface area contributed by atoms with E-state index >= 15 is 0 Å². The molecule has 0 radical (unpaired) electrons. The van der Waals surface area contributed by atoms with Gasteiger partial charge in [0.2, 0.25) is 0 Å². The van der Waals surface area contributed by atoms with Gasteiger partial charge in [-0.1, -0.05) is 31.0 Å². The quantitative estimate of drug-likeness (QED) is 0.667. The van der Waals surface area contributed by atoms with E-state index < -0.39 is 0 Å². The second-order valence-electron chi connectivity index (χ2n) is 8.01. The molecule has 1 aliphatic carbocycles. The van der Waals surface area contributed by atoms with E-state index in [0.29, 0.717) is 17.8 Å². The van der Waals surface area contributed by atoms with Crippen LogP contribution in [0.3, 0.4) is 0 Å². The predicted octanol–water partition coefficient (Wildman–Crippen LogP) is 4.60. The third kappa shape index (κ3) is 5.34. The van der Waals surface area contributed by atoms with Crippen molar-refractivity contribution in [2.75, 3.05) is 11.9 Å². The summed E-state index contributed by atoms with van der Waals surface area (Å²) < 4.78 is 13.3. The van der Waals surface area contributed by atoms with E-state index in [-0.39, 0.29) is 29.2 Å². The lowest BCUT2D eigenvalue weighted by molar-refractivity contribution is 0.0943. The Labute approximate surface area is 171 Å². The van der Waals surface area contributed by atoms with Gasteiger partial charge in [0, 0.05) is 29.3 Å². The van der Waals surface area contributed by atoms with Crippen LogP contribution in [-0.4, -0.2) is 24.5 Å². The predicted molar refractivity (Wildman–Crippen MR) is 113 cm³/mol. The molecule has 3 N–H and O–H groups in total. The molecule has 1 saturated carbocycles. The third-order valence-electron chi connectivity index (χ3n) is 5.41. The zero-order valence-corrected chi connectivity index (χ0v) is 16.9. The Balaban J connectivity index is 1.67. The van der Waals surface area contributed by atoms with Gasteiger partial charge in [0.25, 0.3) is 5.91 Å². The van der Waals surface area contributed by atoms with E-state index in [1.165, 1.54) is 12.1 Å². The highest BCUT2D eigenvalue weighted by atomic mass is 19.1. The van der Waals surface area contributed by atoms with Gasteiger partial charge in [-0.3, -0.25) is 4.79 Å². The number of benzene rings is 2. The summed E-state index contributed by atoms with van der Waals surface area (Å²) in [6.07, 6.45) is 4.13. The van der Waals surface area contributed by atoms with Gasteiger partial charge in [-0.05, 0) is 62.6 Å². The molecule has 0 aromatic heterocycles. The number of nitrogens with one attached hydrogen (secondary N) is 3. The lowest BCUT2D eigenvalue weighted by Crippen LogP contribution is -2.39. The standard InChI is InChI=1S/C23H28FN3O2/c1-16(2)26-22(29)27-20-7-5-6-17(14-20)21(28)25-15-23(12-3-4-13-23)18-8-10-19(24)11-9-18/h5-11,14,16H,3-4,12-13,15H2,1-2H3,(H,25,28)(H2,26,27,29). The van der Waals surface area contributed by atoms with Crippen molar-refractivity contribution in [2.45, 2.75) is 51.0 Å². The van der Waals surface area contributed by atoms with Gasteiger partial charge in [0.15, 0.2) is 0 Å². The molecule has 0 heterocycles. The largest absolute Gasteiger partial charge is 0.351 e. The Hall–Kier alpha value is -2.89.